The molecule has 2 heterocycles. The molecule has 3 rings (SSSR count). The van der Waals surface area contributed by atoms with Gasteiger partial charge >= 0.3 is 0 Å². The quantitative estimate of drug-likeness (QED) is 0.917. The van der Waals surface area contributed by atoms with Crippen molar-refractivity contribution < 1.29 is 8.42 Å². The van der Waals surface area contributed by atoms with Gasteiger partial charge < -0.3 is 5.32 Å². The number of fused-ring (bicyclic) bond motifs is 1. The molecule has 0 aromatic heterocycles. The molecule has 0 saturated carbocycles. The summed E-state index contributed by atoms with van der Waals surface area (Å²) in [5.41, 5.74) is 0.703. The van der Waals surface area contributed by atoms with Crippen LogP contribution < -0.4 is 5.32 Å². The first-order chi connectivity index (χ1) is 10.1. The smallest absolute Gasteiger partial charge is 0.245 e. The topological polar surface area (TPSA) is 52.7 Å². The van der Waals surface area contributed by atoms with Crippen LogP contribution in [0.5, 0.6) is 0 Å². The van der Waals surface area contributed by atoms with E-state index in [-0.39, 0.29) is 0 Å². The molecule has 0 bridgehead atoms. The van der Waals surface area contributed by atoms with Crippen molar-refractivity contribution in [2.45, 2.75) is 30.7 Å². The van der Waals surface area contributed by atoms with E-state index in [4.69, 9.17) is 0 Å². The first-order valence-corrected chi connectivity index (χ1v) is 9.14. The van der Waals surface area contributed by atoms with E-state index >= 15 is 0 Å². The van der Waals surface area contributed by atoms with E-state index in [9.17, 15) is 8.42 Å². The zero-order valence-corrected chi connectivity index (χ0v) is 13.3. The molecule has 1 aromatic carbocycles. The van der Waals surface area contributed by atoms with Gasteiger partial charge in [0.1, 0.15) is 4.90 Å². The summed E-state index contributed by atoms with van der Waals surface area (Å²) in [6, 6.07) is 7.60. The summed E-state index contributed by atoms with van der Waals surface area (Å²) in [7, 11) is -3.41. The van der Waals surface area contributed by atoms with Crippen LogP contribution >= 0.6 is 0 Å². The Morgan fingerprint density at radius 2 is 2.05 bits per heavy atom. The molecule has 5 nitrogen and oxygen atoms in total. The average molecular weight is 309 g/mol. The first kappa shape index (κ1) is 14.8. The molecule has 0 radical (unpaired) electrons. The maximum absolute atomic E-state index is 12.9. The lowest BCUT2D eigenvalue weighted by atomic mass is 10.2. The summed E-state index contributed by atoms with van der Waals surface area (Å²) in [5.74, 6) is 0. The number of anilines is 1. The fraction of sp³-hybridized carbons (Fsp3) is 0.600. The molecule has 0 aliphatic carbocycles. The predicted molar refractivity (Wildman–Crippen MR) is 84.0 cm³/mol. The lowest BCUT2D eigenvalue weighted by molar-refractivity contribution is 0.158. The van der Waals surface area contributed by atoms with Gasteiger partial charge in [-0.2, -0.15) is 4.31 Å². The van der Waals surface area contributed by atoms with Crippen molar-refractivity contribution in [3.05, 3.63) is 24.3 Å². The number of rotatable bonds is 4. The van der Waals surface area contributed by atoms with Gasteiger partial charge in [-0.15, -0.1) is 0 Å². The van der Waals surface area contributed by atoms with Gasteiger partial charge in [0.05, 0.1) is 5.69 Å². The zero-order valence-electron chi connectivity index (χ0n) is 12.5. The lowest BCUT2D eigenvalue weighted by Gasteiger charge is -2.36. The van der Waals surface area contributed by atoms with Gasteiger partial charge in [-0.05, 0) is 38.4 Å². The van der Waals surface area contributed by atoms with Crippen molar-refractivity contribution in [3.8, 4) is 0 Å². The molecule has 2 aliphatic heterocycles. The van der Waals surface area contributed by atoms with E-state index in [1.807, 2.05) is 19.1 Å². The number of nitrogens with zero attached hydrogens (tertiary/aromatic N) is 2. The van der Waals surface area contributed by atoms with Crippen LogP contribution in [0.25, 0.3) is 0 Å². The second-order valence-corrected chi connectivity index (χ2v) is 7.63. The Morgan fingerprint density at radius 1 is 1.24 bits per heavy atom. The van der Waals surface area contributed by atoms with E-state index in [2.05, 4.69) is 10.2 Å². The van der Waals surface area contributed by atoms with Crippen molar-refractivity contribution in [1.29, 1.82) is 0 Å². The van der Waals surface area contributed by atoms with E-state index in [1.54, 1.807) is 16.4 Å². The van der Waals surface area contributed by atoms with Crippen molar-refractivity contribution in [3.63, 3.8) is 0 Å². The van der Waals surface area contributed by atoms with Crippen LogP contribution in [0.1, 0.15) is 19.8 Å². The molecule has 21 heavy (non-hydrogen) atoms. The van der Waals surface area contributed by atoms with Crippen LogP contribution in [0.3, 0.4) is 0 Å². The molecule has 2 fully saturated rings. The van der Waals surface area contributed by atoms with Gasteiger partial charge in [0.25, 0.3) is 0 Å². The standard InChI is InChI=1S/C15H23N3O2S/c1-2-16-14-7-3-4-8-15(14)21(19,20)18-11-10-17-9-5-6-13(17)12-18/h3-4,7-8,13,16H,2,5-6,9-12H2,1H3. The minimum atomic E-state index is -3.41. The number of para-hydroxylation sites is 1. The molecular weight excluding hydrogens is 286 g/mol. The average Bonchev–Trinajstić information content (AvgIpc) is 2.95. The fourth-order valence-electron chi connectivity index (χ4n) is 3.35. The van der Waals surface area contributed by atoms with E-state index in [1.165, 1.54) is 6.42 Å². The Hall–Kier alpha value is -1.11. The molecule has 2 saturated heterocycles. The summed E-state index contributed by atoms with van der Waals surface area (Å²) in [4.78, 5) is 2.82. The number of benzene rings is 1. The maximum Gasteiger partial charge on any atom is 0.245 e. The Bertz CT molecular complexity index is 603. The van der Waals surface area contributed by atoms with Crippen LogP contribution in [0, 0.1) is 0 Å². The summed E-state index contributed by atoms with van der Waals surface area (Å²) < 4.78 is 27.5. The second-order valence-electron chi connectivity index (χ2n) is 5.72. The number of piperazine rings is 1. The summed E-state index contributed by atoms with van der Waals surface area (Å²) in [5, 5.41) is 3.15. The molecule has 1 unspecified atom stereocenters. The van der Waals surface area contributed by atoms with Gasteiger partial charge in [0, 0.05) is 32.2 Å². The number of nitrogens with one attached hydrogen (secondary N) is 1. The van der Waals surface area contributed by atoms with Crippen LogP contribution in [0.4, 0.5) is 5.69 Å². The van der Waals surface area contributed by atoms with Gasteiger partial charge in [-0.1, -0.05) is 12.1 Å². The zero-order chi connectivity index (χ0) is 14.9. The highest BCUT2D eigenvalue weighted by Crippen LogP contribution is 2.29. The molecule has 1 aromatic rings. The third-order valence-electron chi connectivity index (χ3n) is 4.42. The third-order valence-corrected chi connectivity index (χ3v) is 6.35. The van der Waals surface area contributed by atoms with Crippen molar-refractivity contribution in [2.75, 3.05) is 38.0 Å². The van der Waals surface area contributed by atoms with Gasteiger partial charge in [-0.3, -0.25) is 4.90 Å². The van der Waals surface area contributed by atoms with Crippen LogP contribution in [0.2, 0.25) is 0 Å². The van der Waals surface area contributed by atoms with Gasteiger partial charge in [0.15, 0.2) is 0 Å². The third kappa shape index (κ3) is 2.80. The molecule has 2 aliphatic rings. The van der Waals surface area contributed by atoms with Crippen molar-refractivity contribution in [1.82, 2.24) is 9.21 Å². The largest absolute Gasteiger partial charge is 0.384 e. The van der Waals surface area contributed by atoms with Crippen LogP contribution in [-0.4, -0.2) is 56.4 Å². The Kier molecular flexibility index (Phi) is 4.19. The molecule has 6 heteroatoms. The first-order valence-electron chi connectivity index (χ1n) is 7.70. The summed E-state index contributed by atoms with van der Waals surface area (Å²) in [6.07, 6.45) is 2.30. The van der Waals surface area contributed by atoms with Crippen molar-refractivity contribution in [2.24, 2.45) is 0 Å². The van der Waals surface area contributed by atoms with E-state index in [0.29, 0.717) is 36.3 Å². The highest BCUT2D eigenvalue weighted by Gasteiger charge is 2.36. The number of hydrogen-bond donors (Lipinski definition) is 1. The SMILES string of the molecule is CCNc1ccccc1S(=O)(=O)N1CCN2CCCC2C1. The molecule has 1 N–H and O–H groups in total. The molecule has 0 amide bonds. The Labute approximate surface area is 127 Å². The molecular formula is C15H23N3O2S. The normalized spacial score (nSPS) is 24.0. The molecule has 1 atom stereocenters. The fourth-order valence-corrected chi connectivity index (χ4v) is 4.99. The number of hydrogen-bond acceptors (Lipinski definition) is 4. The highest BCUT2D eigenvalue weighted by molar-refractivity contribution is 7.89. The lowest BCUT2D eigenvalue weighted by Crippen LogP contribution is -2.51. The van der Waals surface area contributed by atoms with Crippen LogP contribution in [-0.2, 0) is 10.0 Å². The van der Waals surface area contributed by atoms with Gasteiger partial charge in [-0.25, -0.2) is 8.42 Å². The summed E-state index contributed by atoms with van der Waals surface area (Å²) >= 11 is 0. The van der Waals surface area contributed by atoms with Gasteiger partial charge in [0.2, 0.25) is 10.0 Å². The van der Waals surface area contributed by atoms with Crippen molar-refractivity contribution >= 4 is 15.7 Å². The minimum Gasteiger partial charge on any atom is -0.384 e. The highest BCUT2D eigenvalue weighted by atomic mass is 32.2. The predicted octanol–water partition coefficient (Wildman–Crippen LogP) is 1.59. The molecule has 0 spiro atoms. The number of sulfonamides is 1. The maximum atomic E-state index is 12.9. The second kappa shape index (κ2) is 5.94. The Morgan fingerprint density at radius 3 is 2.86 bits per heavy atom. The molecule has 116 valence electrons. The minimum absolute atomic E-state index is 0.401. The van der Waals surface area contributed by atoms with E-state index < -0.39 is 10.0 Å². The Balaban J connectivity index is 1.87. The monoisotopic (exact) mass is 309 g/mol. The van der Waals surface area contributed by atoms with Crippen LogP contribution in [0.15, 0.2) is 29.2 Å². The summed E-state index contributed by atoms with van der Waals surface area (Å²) in [6.45, 7) is 5.88. The van der Waals surface area contributed by atoms with E-state index in [0.717, 1.165) is 19.5 Å².